The molecule has 1 unspecified atom stereocenters. The van der Waals surface area contributed by atoms with E-state index in [1.54, 1.807) is 0 Å². The van der Waals surface area contributed by atoms with Crippen LogP contribution in [0.2, 0.25) is 0 Å². The Labute approximate surface area is 132 Å². The quantitative estimate of drug-likeness (QED) is 0.630. The number of carbonyl (C=O) groups excluding carboxylic acids is 2. The van der Waals surface area contributed by atoms with E-state index in [0.29, 0.717) is 25.9 Å². The third-order valence-electron chi connectivity index (χ3n) is 3.84. The molecule has 0 radical (unpaired) electrons. The number of nitrogens with zero attached hydrogens (tertiary/aromatic N) is 1. The molecule has 1 aliphatic rings. The van der Waals surface area contributed by atoms with E-state index in [0.717, 1.165) is 44.4 Å². The molecule has 0 aromatic rings. The number of likely N-dealkylation sites (tertiary alicyclic amines) is 1. The largest absolute Gasteiger partial charge is 0.354 e. The van der Waals surface area contributed by atoms with Crippen molar-refractivity contribution in [1.82, 2.24) is 10.2 Å². The van der Waals surface area contributed by atoms with Crippen LogP contribution in [0, 0.1) is 0 Å². The van der Waals surface area contributed by atoms with Crippen LogP contribution in [0.15, 0.2) is 0 Å². The molecule has 0 aromatic heterocycles. The van der Waals surface area contributed by atoms with Gasteiger partial charge in [-0.1, -0.05) is 0 Å². The van der Waals surface area contributed by atoms with Crippen LogP contribution in [0.1, 0.15) is 44.9 Å². The molecule has 1 fully saturated rings. The molecule has 0 aliphatic carbocycles. The second-order valence-electron chi connectivity index (χ2n) is 5.53. The van der Waals surface area contributed by atoms with E-state index < -0.39 is 0 Å². The molecule has 122 valence electrons. The summed E-state index contributed by atoms with van der Waals surface area (Å²) in [6.45, 7) is 1.77. The number of piperidine rings is 1. The van der Waals surface area contributed by atoms with Gasteiger partial charge in [-0.15, -0.1) is 0 Å². The molecule has 0 spiro atoms. The molecule has 1 atom stereocenters. The Morgan fingerprint density at radius 1 is 1.29 bits per heavy atom. The lowest BCUT2D eigenvalue weighted by atomic mass is 10.0. The highest BCUT2D eigenvalue weighted by molar-refractivity contribution is 7.98. The second kappa shape index (κ2) is 10.9. The smallest absolute Gasteiger partial charge is 0.222 e. The Hall–Kier alpha value is -0.750. The van der Waals surface area contributed by atoms with Crippen molar-refractivity contribution in [3.8, 4) is 0 Å². The number of nitrogens with two attached hydrogens (primary N) is 1. The number of thioether (sulfide) groups is 1. The van der Waals surface area contributed by atoms with Gasteiger partial charge < -0.3 is 16.0 Å². The van der Waals surface area contributed by atoms with Gasteiger partial charge in [-0.3, -0.25) is 9.59 Å². The number of nitrogens with one attached hydrogen (secondary N) is 1. The van der Waals surface area contributed by atoms with Crippen LogP contribution in [0.25, 0.3) is 0 Å². The van der Waals surface area contributed by atoms with Crippen molar-refractivity contribution >= 4 is 23.6 Å². The van der Waals surface area contributed by atoms with Crippen molar-refractivity contribution in [2.75, 3.05) is 31.6 Å². The van der Waals surface area contributed by atoms with E-state index in [-0.39, 0.29) is 17.9 Å². The van der Waals surface area contributed by atoms with Crippen LogP contribution < -0.4 is 11.1 Å². The van der Waals surface area contributed by atoms with Crippen molar-refractivity contribution in [1.29, 1.82) is 0 Å². The normalized spacial score (nSPS) is 18.6. The average Bonchev–Trinajstić information content (AvgIpc) is 2.50. The summed E-state index contributed by atoms with van der Waals surface area (Å²) < 4.78 is 0. The minimum Gasteiger partial charge on any atom is -0.354 e. The van der Waals surface area contributed by atoms with Crippen molar-refractivity contribution in [3.63, 3.8) is 0 Å². The monoisotopic (exact) mass is 315 g/mol. The first-order valence-corrected chi connectivity index (χ1v) is 9.33. The zero-order valence-electron chi connectivity index (χ0n) is 13.1. The Bertz CT molecular complexity index is 326. The van der Waals surface area contributed by atoms with Gasteiger partial charge in [0.2, 0.25) is 11.8 Å². The number of hydrogen-bond acceptors (Lipinski definition) is 4. The molecule has 1 saturated heterocycles. The highest BCUT2D eigenvalue weighted by Gasteiger charge is 2.26. The van der Waals surface area contributed by atoms with E-state index in [4.69, 9.17) is 5.73 Å². The summed E-state index contributed by atoms with van der Waals surface area (Å²) in [6, 6.07) is 0.161. The molecular weight excluding hydrogens is 286 g/mol. The molecule has 0 saturated carbocycles. The topological polar surface area (TPSA) is 75.4 Å². The van der Waals surface area contributed by atoms with Crippen LogP contribution in [0.4, 0.5) is 0 Å². The maximum atomic E-state index is 12.3. The molecule has 1 heterocycles. The molecule has 6 heteroatoms. The number of amides is 2. The summed E-state index contributed by atoms with van der Waals surface area (Å²) in [5.41, 5.74) is 5.37. The molecule has 2 amide bonds. The highest BCUT2D eigenvalue weighted by Crippen LogP contribution is 2.18. The first-order chi connectivity index (χ1) is 10.2. The lowest BCUT2D eigenvalue weighted by molar-refractivity contribution is -0.135. The van der Waals surface area contributed by atoms with E-state index in [9.17, 15) is 9.59 Å². The zero-order valence-corrected chi connectivity index (χ0v) is 13.9. The Morgan fingerprint density at radius 2 is 2.10 bits per heavy atom. The van der Waals surface area contributed by atoms with Crippen molar-refractivity contribution in [2.45, 2.75) is 51.0 Å². The Kier molecular flexibility index (Phi) is 9.50. The number of unbranched alkanes of at least 4 members (excludes halogenated alkanes) is 1. The summed E-state index contributed by atoms with van der Waals surface area (Å²) in [5.74, 6) is 1.34. The molecule has 5 nitrogen and oxygen atoms in total. The van der Waals surface area contributed by atoms with E-state index in [1.165, 1.54) is 0 Å². The molecule has 21 heavy (non-hydrogen) atoms. The van der Waals surface area contributed by atoms with E-state index >= 15 is 0 Å². The molecule has 0 bridgehead atoms. The van der Waals surface area contributed by atoms with E-state index in [2.05, 4.69) is 11.6 Å². The van der Waals surface area contributed by atoms with Gasteiger partial charge >= 0.3 is 0 Å². The predicted octanol–water partition coefficient (Wildman–Crippen LogP) is 1.37. The summed E-state index contributed by atoms with van der Waals surface area (Å²) in [4.78, 5) is 25.8. The highest BCUT2D eigenvalue weighted by atomic mass is 32.2. The van der Waals surface area contributed by atoms with Crippen LogP contribution in [0.5, 0.6) is 0 Å². The summed E-state index contributed by atoms with van der Waals surface area (Å²) in [6.07, 6.45) is 8.33. The maximum Gasteiger partial charge on any atom is 0.222 e. The van der Waals surface area contributed by atoms with Gasteiger partial charge in [0.25, 0.3) is 0 Å². The van der Waals surface area contributed by atoms with Gasteiger partial charge in [0.05, 0.1) is 0 Å². The minimum absolute atomic E-state index is 0.0181. The SMILES string of the molecule is CSCCCCC(=O)N1CCCCC1CNC(=O)CCN. The predicted molar refractivity (Wildman–Crippen MR) is 88.3 cm³/mol. The van der Waals surface area contributed by atoms with Gasteiger partial charge in [0, 0.05) is 38.5 Å². The van der Waals surface area contributed by atoms with Crippen molar-refractivity contribution < 1.29 is 9.59 Å². The summed E-state index contributed by atoms with van der Waals surface area (Å²) >= 11 is 1.82. The number of rotatable bonds is 9. The van der Waals surface area contributed by atoms with Gasteiger partial charge in [-0.2, -0.15) is 11.8 Å². The molecule has 1 aliphatic heterocycles. The summed E-state index contributed by atoms with van der Waals surface area (Å²) in [5, 5.41) is 2.90. The van der Waals surface area contributed by atoms with Gasteiger partial charge in [-0.25, -0.2) is 0 Å². The fourth-order valence-electron chi connectivity index (χ4n) is 2.66. The van der Waals surface area contributed by atoms with Crippen LogP contribution in [-0.2, 0) is 9.59 Å². The third-order valence-corrected chi connectivity index (χ3v) is 4.54. The first-order valence-electron chi connectivity index (χ1n) is 7.94. The number of carbonyl (C=O) groups is 2. The minimum atomic E-state index is -0.0181. The Balaban J connectivity index is 2.37. The number of hydrogen-bond donors (Lipinski definition) is 2. The van der Waals surface area contributed by atoms with Crippen LogP contribution >= 0.6 is 11.8 Å². The van der Waals surface area contributed by atoms with Crippen molar-refractivity contribution in [3.05, 3.63) is 0 Å². The fraction of sp³-hybridized carbons (Fsp3) is 0.867. The van der Waals surface area contributed by atoms with Crippen molar-refractivity contribution in [2.24, 2.45) is 5.73 Å². The van der Waals surface area contributed by atoms with Crippen LogP contribution in [-0.4, -0.2) is 54.4 Å². The standard InChI is InChI=1S/C15H29N3O2S/c1-21-11-5-3-7-15(20)18-10-4-2-6-13(18)12-17-14(19)8-9-16/h13H,2-12,16H2,1H3,(H,17,19). The van der Waals surface area contributed by atoms with Gasteiger partial charge in [0.1, 0.15) is 0 Å². The molecule has 0 aromatic carbocycles. The lowest BCUT2D eigenvalue weighted by Crippen LogP contribution is -2.49. The average molecular weight is 315 g/mol. The maximum absolute atomic E-state index is 12.3. The zero-order chi connectivity index (χ0) is 15.5. The first kappa shape index (κ1) is 18.3. The van der Waals surface area contributed by atoms with E-state index in [1.807, 2.05) is 16.7 Å². The molecular formula is C15H29N3O2S. The fourth-order valence-corrected chi connectivity index (χ4v) is 3.15. The third kappa shape index (κ3) is 7.18. The lowest BCUT2D eigenvalue weighted by Gasteiger charge is -2.36. The van der Waals surface area contributed by atoms with Gasteiger partial charge in [-0.05, 0) is 44.1 Å². The van der Waals surface area contributed by atoms with Crippen LogP contribution in [0.3, 0.4) is 0 Å². The van der Waals surface area contributed by atoms with Gasteiger partial charge in [0.15, 0.2) is 0 Å². The Morgan fingerprint density at radius 3 is 2.81 bits per heavy atom. The summed E-state index contributed by atoms with van der Waals surface area (Å²) in [7, 11) is 0. The molecule has 1 rings (SSSR count). The second-order valence-corrected chi connectivity index (χ2v) is 6.51. The molecule has 3 N–H and O–H groups in total.